The molecule has 2 unspecified atom stereocenters. The second-order valence-electron chi connectivity index (χ2n) is 5.44. The molecule has 0 bridgehead atoms. The van der Waals surface area contributed by atoms with Crippen LogP contribution in [-0.4, -0.2) is 5.11 Å². The molecule has 0 aliphatic heterocycles. The first-order chi connectivity index (χ1) is 8.18. The quantitative estimate of drug-likeness (QED) is 0.832. The Hall–Kier alpha value is -0.340. The van der Waals surface area contributed by atoms with Gasteiger partial charge < -0.3 is 5.11 Å². The minimum atomic E-state index is -0.601. The molecule has 2 atom stereocenters. The molecule has 1 aliphatic rings. The molecule has 1 fully saturated rings. The molecule has 17 heavy (non-hydrogen) atoms. The first-order valence-electron chi connectivity index (χ1n) is 6.95. The van der Waals surface area contributed by atoms with E-state index in [2.05, 4.69) is 25.3 Å². The molecule has 0 aromatic carbocycles. The summed E-state index contributed by atoms with van der Waals surface area (Å²) in [5, 5.41) is 13.1. The van der Waals surface area contributed by atoms with Crippen molar-refractivity contribution >= 4 is 11.3 Å². The van der Waals surface area contributed by atoms with Gasteiger partial charge in [-0.2, -0.15) is 0 Å². The lowest BCUT2D eigenvalue weighted by molar-refractivity contribution is -0.0476. The first-order valence-corrected chi connectivity index (χ1v) is 7.82. The summed E-state index contributed by atoms with van der Waals surface area (Å²) < 4.78 is 0. The van der Waals surface area contributed by atoms with E-state index in [-0.39, 0.29) is 0 Å². The van der Waals surface area contributed by atoms with Crippen LogP contribution in [0.4, 0.5) is 0 Å². The minimum Gasteiger partial charge on any atom is -0.384 e. The second kappa shape index (κ2) is 5.53. The first kappa shape index (κ1) is 13.1. The van der Waals surface area contributed by atoms with Crippen LogP contribution in [0.3, 0.4) is 0 Å². The van der Waals surface area contributed by atoms with Crippen molar-refractivity contribution in [1.29, 1.82) is 0 Å². The van der Waals surface area contributed by atoms with Crippen LogP contribution in [0.25, 0.3) is 0 Å². The third-order valence-electron chi connectivity index (χ3n) is 4.60. The summed E-state index contributed by atoms with van der Waals surface area (Å²) >= 11 is 1.70. The molecule has 0 amide bonds. The Morgan fingerprint density at radius 1 is 1.41 bits per heavy atom. The molecule has 1 aromatic rings. The fraction of sp³-hybridized carbons (Fsp3) is 0.733. The zero-order valence-corrected chi connectivity index (χ0v) is 11.8. The van der Waals surface area contributed by atoms with Crippen molar-refractivity contribution in [2.24, 2.45) is 11.8 Å². The molecule has 0 spiro atoms. The predicted molar refractivity (Wildman–Crippen MR) is 74.2 cm³/mol. The molecule has 1 aromatic heterocycles. The summed E-state index contributed by atoms with van der Waals surface area (Å²) in [7, 11) is 0. The van der Waals surface area contributed by atoms with Gasteiger partial charge in [0.05, 0.1) is 0 Å². The van der Waals surface area contributed by atoms with E-state index in [0.717, 1.165) is 11.3 Å². The van der Waals surface area contributed by atoms with Crippen LogP contribution in [-0.2, 0) is 5.60 Å². The van der Waals surface area contributed by atoms with Crippen molar-refractivity contribution in [3.8, 4) is 0 Å². The number of aliphatic hydroxyl groups is 1. The molecular formula is C15H24OS. The number of hydrogen-bond acceptors (Lipinski definition) is 2. The van der Waals surface area contributed by atoms with Gasteiger partial charge in [0.2, 0.25) is 0 Å². The molecule has 96 valence electrons. The zero-order chi connectivity index (χ0) is 12.3. The van der Waals surface area contributed by atoms with Crippen LogP contribution in [0.5, 0.6) is 0 Å². The van der Waals surface area contributed by atoms with Crippen LogP contribution < -0.4 is 0 Å². The Morgan fingerprint density at radius 2 is 2.12 bits per heavy atom. The van der Waals surface area contributed by atoms with E-state index < -0.39 is 5.60 Å². The lowest BCUT2D eigenvalue weighted by Gasteiger charge is -2.39. The molecular weight excluding hydrogens is 228 g/mol. The van der Waals surface area contributed by atoms with E-state index in [0.29, 0.717) is 11.8 Å². The van der Waals surface area contributed by atoms with Crippen molar-refractivity contribution in [1.82, 2.24) is 0 Å². The summed E-state index contributed by atoms with van der Waals surface area (Å²) in [6.45, 7) is 4.36. The molecule has 1 nitrogen and oxygen atoms in total. The minimum absolute atomic E-state index is 0.381. The lowest BCUT2D eigenvalue weighted by Crippen LogP contribution is -2.37. The molecule has 0 radical (unpaired) electrons. The summed E-state index contributed by atoms with van der Waals surface area (Å²) in [5.41, 5.74) is -0.601. The van der Waals surface area contributed by atoms with E-state index >= 15 is 0 Å². The highest BCUT2D eigenvalue weighted by atomic mass is 32.1. The van der Waals surface area contributed by atoms with Crippen LogP contribution >= 0.6 is 11.3 Å². The highest BCUT2D eigenvalue weighted by Gasteiger charge is 2.39. The normalized spacial score (nSPS) is 23.2. The van der Waals surface area contributed by atoms with Gasteiger partial charge in [-0.3, -0.25) is 0 Å². The third-order valence-corrected chi connectivity index (χ3v) is 5.63. The van der Waals surface area contributed by atoms with Gasteiger partial charge >= 0.3 is 0 Å². The van der Waals surface area contributed by atoms with E-state index in [1.165, 1.54) is 32.1 Å². The Bertz CT molecular complexity index is 327. The molecule has 1 heterocycles. The Morgan fingerprint density at radius 3 is 2.65 bits per heavy atom. The number of thiophene rings is 1. The van der Waals surface area contributed by atoms with Gasteiger partial charge in [-0.05, 0) is 29.7 Å². The standard InChI is InChI=1S/C15H24OS/c1-3-15(16,14-10-7-11-17-14)12(2)13-8-5-4-6-9-13/h7,10-13,16H,3-6,8-9H2,1-2H3. The van der Waals surface area contributed by atoms with E-state index in [9.17, 15) is 5.11 Å². The van der Waals surface area contributed by atoms with Crippen LogP contribution in [0.2, 0.25) is 0 Å². The fourth-order valence-electron chi connectivity index (χ4n) is 3.27. The van der Waals surface area contributed by atoms with Crippen molar-refractivity contribution < 1.29 is 5.11 Å². The summed E-state index contributed by atoms with van der Waals surface area (Å²) in [5.74, 6) is 1.09. The monoisotopic (exact) mass is 252 g/mol. The van der Waals surface area contributed by atoms with E-state index in [1.54, 1.807) is 11.3 Å². The highest BCUT2D eigenvalue weighted by Crippen LogP contribution is 2.43. The maximum absolute atomic E-state index is 11.0. The van der Waals surface area contributed by atoms with E-state index in [4.69, 9.17) is 0 Å². The smallest absolute Gasteiger partial charge is 0.101 e. The van der Waals surface area contributed by atoms with Crippen molar-refractivity contribution in [3.63, 3.8) is 0 Å². The fourth-order valence-corrected chi connectivity index (χ4v) is 4.26. The number of rotatable bonds is 4. The summed E-state index contributed by atoms with van der Waals surface area (Å²) in [6.07, 6.45) is 7.50. The van der Waals surface area contributed by atoms with Gasteiger partial charge in [0, 0.05) is 4.88 Å². The molecule has 2 rings (SSSR count). The Labute approximate surface area is 109 Å². The Balaban J connectivity index is 2.16. The van der Waals surface area contributed by atoms with Crippen molar-refractivity contribution in [2.45, 2.75) is 58.0 Å². The summed E-state index contributed by atoms with van der Waals surface area (Å²) in [4.78, 5) is 1.15. The topological polar surface area (TPSA) is 20.2 Å². The molecule has 2 heteroatoms. The second-order valence-corrected chi connectivity index (χ2v) is 6.39. The third kappa shape index (κ3) is 2.58. The Kier molecular flexibility index (Phi) is 4.26. The van der Waals surface area contributed by atoms with Gasteiger partial charge in [0.25, 0.3) is 0 Å². The number of hydrogen-bond donors (Lipinski definition) is 1. The highest BCUT2D eigenvalue weighted by molar-refractivity contribution is 7.10. The SMILES string of the molecule is CCC(O)(c1cccs1)C(C)C1CCCCC1. The maximum atomic E-state index is 11.0. The van der Waals surface area contributed by atoms with Gasteiger partial charge in [-0.15, -0.1) is 11.3 Å². The van der Waals surface area contributed by atoms with Gasteiger partial charge in [0.15, 0.2) is 0 Å². The van der Waals surface area contributed by atoms with Gasteiger partial charge in [-0.25, -0.2) is 0 Å². The summed E-state index contributed by atoms with van der Waals surface area (Å²) in [6, 6.07) is 4.14. The molecule has 1 N–H and O–H groups in total. The van der Waals surface area contributed by atoms with Crippen LogP contribution in [0.1, 0.15) is 57.2 Å². The van der Waals surface area contributed by atoms with E-state index in [1.807, 2.05) is 6.07 Å². The molecule has 0 saturated heterocycles. The average molecular weight is 252 g/mol. The van der Waals surface area contributed by atoms with Crippen molar-refractivity contribution in [3.05, 3.63) is 22.4 Å². The van der Waals surface area contributed by atoms with Crippen LogP contribution in [0.15, 0.2) is 17.5 Å². The molecule has 1 saturated carbocycles. The van der Waals surface area contributed by atoms with Gasteiger partial charge in [-0.1, -0.05) is 52.0 Å². The lowest BCUT2D eigenvalue weighted by atomic mass is 9.71. The van der Waals surface area contributed by atoms with Gasteiger partial charge in [0.1, 0.15) is 5.60 Å². The predicted octanol–water partition coefficient (Wildman–Crippen LogP) is 4.56. The maximum Gasteiger partial charge on any atom is 0.101 e. The molecule has 1 aliphatic carbocycles. The zero-order valence-electron chi connectivity index (χ0n) is 11.0. The van der Waals surface area contributed by atoms with Crippen molar-refractivity contribution in [2.75, 3.05) is 0 Å². The average Bonchev–Trinajstić information content (AvgIpc) is 2.92. The largest absolute Gasteiger partial charge is 0.384 e. The van der Waals surface area contributed by atoms with Crippen LogP contribution in [0, 0.1) is 11.8 Å².